The molecule has 0 aromatic rings. The molecule has 0 heterocycles. The highest BCUT2D eigenvalue weighted by Gasteiger charge is 2.04. The highest BCUT2D eigenvalue weighted by Crippen LogP contribution is 2.14. The first-order chi connectivity index (χ1) is 11.5. The molecule has 24 heavy (non-hydrogen) atoms. The van der Waals surface area contributed by atoms with Gasteiger partial charge in [0, 0.05) is 0 Å². The largest absolute Gasteiger partial charge is 0.397 e. The van der Waals surface area contributed by atoms with E-state index in [0.29, 0.717) is 6.42 Å². The van der Waals surface area contributed by atoms with Crippen LogP contribution in [0.2, 0.25) is 0 Å². The summed E-state index contributed by atoms with van der Waals surface area (Å²) in [5.74, 6) is 0. The summed E-state index contributed by atoms with van der Waals surface area (Å²) in [6, 6.07) is 0. The number of rotatable bonds is 18. The van der Waals surface area contributed by atoms with Gasteiger partial charge in [-0.05, 0) is 19.3 Å². The SMILES string of the molecule is CCCCCC[C@H](O)CCCCCCCCCCCOS(=O)(=O)O. The van der Waals surface area contributed by atoms with Gasteiger partial charge >= 0.3 is 10.4 Å². The van der Waals surface area contributed by atoms with Crippen LogP contribution in [-0.2, 0) is 14.6 Å². The van der Waals surface area contributed by atoms with Gasteiger partial charge in [0.15, 0.2) is 0 Å². The standard InChI is InChI=1S/C18H38O5S/c1-2-3-4-12-15-18(19)16-13-10-8-6-5-7-9-11-14-17-23-24(20,21)22/h18-19H,2-17H2,1H3,(H,20,21,22)/t18-/m0/s1. The van der Waals surface area contributed by atoms with Crippen molar-refractivity contribution in [1.82, 2.24) is 0 Å². The van der Waals surface area contributed by atoms with Crippen LogP contribution in [0.1, 0.15) is 103 Å². The average molecular weight is 367 g/mol. The number of unbranched alkanes of at least 4 members (excludes halogenated alkanes) is 11. The van der Waals surface area contributed by atoms with E-state index in [-0.39, 0.29) is 12.7 Å². The summed E-state index contributed by atoms with van der Waals surface area (Å²) in [6.45, 7) is 2.27. The zero-order valence-corrected chi connectivity index (χ0v) is 16.2. The number of aliphatic hydroxyl groups is 1. The van der Waals surface area contributed by atoms with E-state index in [2.05, 4.69) is 11.1 Å². The van der Waals surface area contributed by atoms with Crippen LogP contribution < -0.4 is 0 Å². The van der Waals surface area contributed by atoms with E-state index in [1.807, 2.05) is 0 Å². The molecule has 0 aliphatic rings. The van der Waals surface area contributed by atoms with Crippen LogP contribution in [0.5, 0.6) is 0 Å². The van der Waals surface area contributed by atoms with Crippen LogP contribution >= 0.6 is 0 Å². The van der Waals surface area contributed by atoms with Gasteiger partial charge in [-0.1, -0.05) is 84.0 Å². The van der Waals surface area contributed by atoms with Crippen molar-refractivity contribution in [3.63, 3.8) is 0 Å². The van der Waals surface area contributed by atoms with E-state index < -0.39 is 10.4 Å². The molecule has 0 aromatic heterocycles. The third kappa shape index (κ3) is 19.9. The van der Waals surface area contributed by atoms with Crippen LogP contribution in [0.3, 0.4) is 0 Å². The summed E-state index contributed by atoms with van der Waals surface area (Å²) in [5.41, 5.74) is 0. The first-order valence-electron chi connectivity index (χ1n) is 9.75. The van der Waals surface area contributed by atoms with E-state index in [1.54, 1.807) is 0 Å². The lowest BCUT2D eigenvalue weighted by atomic mass is 10.0. The molecule has 0 saturated carbocycles. The Labute approximate surface area is 149 Å². The molecule has 2 N–H and O–H groups in total. The number of hydrogen-bond acceptors (Lipinski definition) is 4. The van der Waals surface area contributed by atoms with Gasteiger partial charge in [0.25, 0.3) is 0 Å². The van der Waals surface area contributed by atoms with E-state index >= 15 is 0 Å². The Morgan fingerprint density at radius 1 is 0.750 bits per heavy atom. The van der Waals surface area contributed by atoms with Crippen molar-refractivity contribution in [1.29, 1.82) is 0 Å². The summed E-state index contributed by atoms with van der Waals surface area (Å²) in [4.78, 5) is 0. The van der Waals surface area contributed by atoms with Gasteiger partial charge in [0.1, 0.15) is 0 Å². The lowest BCUT2D eigenvalue weighted by Gasteiger charge is -2.10. The maximum absolute atomic E-state index is 10.3. The minimum atomic E-state index is -4.27. The predicted octanol–water partition coefficient (Wildman–Crippen LogP) is 5.04. The van der Waals surface area contributed by atoms with Crippen molar-refractivity contribution in [2.24, 2.45) is 0 Å². The summed E-state index contributed by atoms with van der Waals surface area (Å²) in [5, 5.41) is 9.88. The minimum absolute atomic E-state index is 0.0691. The summed E-state index contributed by atoms with van der Waals surface area (Å²) in [6.07, 6.45) is 16.5. The highest BCUT2D eigenvalue weighted by molar-refractivity contribution is 7.80. The molecular weight excluding hydrogens is 328 g/mol. The van der Waals surface area contributed by atoms with Crippen molar-refractivity contribution in [3.8, 4) is 0 Å². The van der Waals surface area contributed by atoms with E-state index in [1.165, 1.54) is 44.9 Å². The van der Waals surface area contributed by atoms with Crippen LogP contribution in [-0.4, -0.2) is 30.8 Å². The maximum atomic E-state index is 10.3. The fourth-order valence-electron chi connectivity index (χ4n) is 2.83. The van der Waals surface area contributed by atoms with Crippen molar-refractivity contribution < 1.29 is 22.3 Å². The zero-order chi connectivity index (χ0) is 18.1. The maximum Gasteiger partial charge on any atom is 0.397 e. The summed E-state index contributed by atoms with van der Waals surface area (Å²) >= 11 is 0. The molecule has 0 spiro atoms. The number of aliphatic hydroxyl groups excluding tert-OH is 1. The predicted molar refractivity (Wildman–Crippen MR) is 98.4 cm³/mol. The fourth-order valence-corrected chi connectivity index (χ4v) is 3.16. The number of hydrogen-bond donors (Lipinski definition) is 2. The average Bonchev–Trinajstić information content (AvgIpc) is 2.51. The summed E-state index contributed by atoms with van der Waals surface area (Å²) in [7, 11) is -4.27. The Morgan fingerprint density at radius 2 is 1.17 bits per heavy atom. The smallest absolute Gasteiger partial charge is 0.393 e. The highest BCUT2D eigenvalue weighted by atomic mass is 32.3. The molecule has 0 aliphatic heterocycles. The normalized spacial score (nSPS) is 13.3. The van der Waals surface area contributed by atoms with Gasteiger partial charge in [-0.15, -0.1) is 0 Å². The van der Waals surface area contributed by atoms with Gasteiger partial charge in [-0.2, -0.15) is 8.42 Å². The second-order valence-corrected chi connectivity index (χ2v) is 7.81. The van der Waals surface area contributed by atoms with Gasteiger partial charge < -0.3 is 5.11 Å². The van der Waals surface area contributed by atoms with Crippen molar-refractivity contribution in [2.75, 3.05) is 6.61 Å². The third-order valence-electron chi connectivity index (χ3n) is 4.30. The van der Waals surface area contributed by atoms with E-state index in [9.17, 15) is 13.5 Å². The molecule has 0 rings (SSSR count). The molecule has 0 aromatic carbocycles. The Balaban J connectivity index is 3.17. The lowest BCUT2D eigenvalue weighted by Crippen LogP contribution is -2.05. The molecule has 0 unspecified atom stereocenters. The Hall–Kier alpha value is -0.170. The van der Waals surface area contributed by atoms with Gasteiger partial charge in [0.2, 0.25) is 0 Å². The van der Waals surface area contributed by atoms with E-state index in [4.69, 9.17) is 4.55 Å². The van der Waals surface area contributed by atoms with Crippen LogP contribution in [0, 0.1) is 0 Å². The first kappa shape index (κ1) is 23.8. The topological polar surface area (TPSA) is 83.8 Å². The van der Waals surface area contributed by atoms with Gasteiger partial charge in [-0.3, -0.25) is 4.55 Å². The minimum Gasteiger partial charge on any atom is -0.393 e. The molecule has 0 radical (unpaired) electrons. The molecule has 0 fully saturated rings. The summed E-state index contributed by atoms with van der Waals surface area (Å²) < 4.78 is 33.3. The molecule has 0 amide bonds. The molecule has 146 valence electrons. The molecular formula is C18H38O5S. The van der Waals surface area contributed by atoms with Crippen molar-refractivity contribution in [3.05, 3.63) is 0 Å². The Kier molecular flexibility index (Phi) is 16.2. The molecule has 0 aliphatic carbocycles. The van der Waals surface area contributed by atoms with Crippen LogP contribution in [0.4, 0.5) is 0 Å². The van der Waals surface area contributed by atoms with Crippen molar-refractivity contribution in [2.45, 2.75) is 109 Å². The molecule has 5 nitrogen and oxygen atoms in total. The first-order valence-corrected chi connectivity index (χ1v) is 11.1. The molecule has 6 heteroatoms. The monoisotopic (exact) mass is 366 g/mol. The van der Waals surface area contributed by atoms with Crippen LogP contribution in [0.15, 0.2) is 0 Å². The molecule has 1 atom stereocenters. The molecule has 0 saturated heterocycles. The zero-order valence-electron chi connectivity index (χ0n) is 15.4. The quantitative estimate of drug-likeness (QED) is 0.262. The van der Waals surface area contributed by atoms with E-state index in [0.717, 1.165) is 44.9 Å². The second-order valence-electron chi connectivity index (χ2n) is 6.72. The Bertz CT molecular complexity index is 356. The lowest BCUT2D eigenvalue weighted by molar-refractivity contribution is 0.147. The Morgan fingerprint density at radius 3 is 1.62 bits per heavy atom. The van der Waals surface area contributed by atoms with Crippen molar-refractivity contribution >= 4 is 10.4 Å². The third-order valence-corrected chi connectivity index (χ3v) is 4.77. The van der Waals surface area contributed by atoms with Gasteiger partial charge in [-0.25, -0.2) is 4.18 Å². The molecule has 0 bridgehead atoms. The van der Waals surface area contributed by atoms with Gasteiger partial charge in [0.05, 0.1) is 12.7 Å². The fraction of sp³-hybridized carbons (Fsp3) is 1.00. The van der Waals surface area contributed by atoms with Crippen LogP contribution in [0.25, 0.3) is 0 Å². The second kappa shape index (κ2) is 16.3.